The summed E-state index contributed by atoms with van der Waals surface area (Å²) >= 11 is 0. The first-order chi connectivity index (χ1) is 17.2. The van der Waals surface area contributed by atoms with E-state index in [0.717, 1.165) is 50.2 Å². The number of unbranched alkanes of at least 4 members (excludes halogenated alkanes) is 2. The molecule has 0 unspecified atom stereocenters. The molecule has 0 spiro atoms. The summed E-state index contributed by atoms with van der Waals surface area (Å²) in [6.07, 6.45) is 11.6. The van der Waals surface area contributed by atoms with Gasteiger partial charge in [-0.25, -0.2) is 4.79 Å². The lowest BCUT2D eigenvalue weighted by molar-refractivity contribution is -0.107. The van der Waals surface area contributed by atoms with E-state index in [0.29, 0.717) is 25.2 Å². The highest BCUT2D eigenvalue weighted by atomic mass is 16.5. The van der Waals surface area contributed by atoms with Gasteiger partial charge in [-0.2, -0.15) is 0 Å². The molecule has 2 aromatic rings. The van der Waals surface area contributed by atoms with Gasteiger partial charge < -0.3 is 14.3 Å². The Bertz CT molecular complexity index is 872. The summed E-state index contributed by atoms with van der Waals surface area (Å²) < 4.78 is 10.8. The zero-order valence-electron chi connectivity index (χ0n) is 21.3. The first-order valence-corrected chi connectivity index (χ1v) is 13.2. The number of esters is 1. The highest BCUT2D eigenvalue weighted by Crippen LogP contribution is 2.28. The minimum absolute atomic E-state index is 0.322. The predicted molar refractivity (Wildman–Crippen MR) is 139 cm³/mol. The molecule has 0 N–H and O–H groups in total. The number of carbonyl (C=O) groups is 2. The van der Waals surface area contributed by atoms with E-state index in [4.69, 9.17) is 9.47 Å². The van der Waals surface area contributed by atoms with Crippen LogP contribution in [-0.2, 0) is 33.8 Å². The highest BCUT2D eigenvalue weighted by Gasteiger charge is 2.14. The van der Waals surface area contributed by atoms with E-state index < -0.39 is 0 Å². The molecule has 190 valence electrons. The van der Waals surface area contributed by atoms with Crippen molar-refractivity contribution in [1.29, 1.82) is 0 Å². The van der Waals surface area contributed by atoms with Crippen LogP contribution in [-0.4, -0.2) is 44.0 Å². The van der Waals surface area contributed by atoms with E-state index in [1.54, 1.807) is 12.1 Å². The summed E-state index contributed by atoms with van der Waals surface area (Å²) in [6, 6.07) is 16.5. The third-order valence-corrected chi connectivity index (χ3v) is 6.99. The van der Waals surface area contributed by atoms with Crippen molar-refractivity contribution < 1.29 is 19.1 Å². The van der Waals surface area contributed by atoms with Gasteiger partial charge in [0.1, 0.15) is 6.29 Å². The topological polar surface area (TPSA) is 55.8 Å². The smallest absolute Gasteiger partial charge is 0.337 e. The molecule has 0 heterocycles. The Morgan fingerprint density at radius 3 is 2.31 bits per heavy atom. The van der Waals surface area contributed by atoms with Crippen molar-refractivity contribution in [2.45, 2.75) is 70.9 Å². The van der Waals surface area contributed by atoms with Crippen LogP contribution in [0.5, 0.6) is 0 Å². The second kappa shape index (κ2) is 15.5. The summed E-state index contributed by atoms with van der Waals surface area (Å²) in [5, 5.41) is 0. The summed E-state index contributed by atoms with van der Waals surface area (Å²) in [7, 11) is 1.39. The van der Waals surface area contributed by atoms with Crippen LogP contribution in [0.4, 0.5) is 0 Å². The number of rotatable bonds is 16. The molecule has 1 saturated carbocycles. The van der Waals surface area contributed by atoms with Crippen molar-refractivity contribution >= 4 is 12.3 Å². The van der Waals surface area contributed by atoms with Gasteiger partial charge in [-0.05, 0) is 67.0 Å². The van der Waals surface area contributed by atoms with Gasteiger partial charge in [-0.3, -0.25) is 4.90 Å². The molecule has 1 aliphatic rings. The Morgan fingerprint density at radius 2 is 1.63 bits per heavy atom. The number of aryl methyl sites for hydroxylation is 1. The Kier molecular flexibility index (Phi) is 12.0. The molecule has 0 radical (unpaired) electrons. The van der Waals surface area contributed by atoms with E-state index in [1.165, 1.54) is 56.8 Å². The third-order valence-electron chi connectivity index (χ3n) is 6.99. The fraction of sp³-hybridized carbons (Fsp3) is 0.533. The van der Waals surface area contributed by atoms with Gasteiger partial charge in [0.05, 0.1) is 25.9 Å². The maximum absolute atomic E-state index is 11.7. The van der Waals surface area contributed by atoms with Gasteiger partial charge in [-0.1, -0.05) is 62.1 Å². The molecule has 0 aromatic heterocycles. The fourth-order valence-corrected chi connectivity index (χ4v) is 4.81. The number of hydrogen-bond acceptors (Lipinski definition) is 5. The standard InChI is InChI=1S/C30H41NO4/c1-34-30(33)29-17-15-27(16-18-29)23-31(19-5-2-6-21-32)20-22-35-24-28-13-11-26(12-14-28)10-9-25-7-3-4-8-25/h11-18,21,25H,2-10,19-20,22-24H2,1H3. The Labute approximate surface area is 210 Å². The molecule has 1 aliphatic carbocycles. The maximum Gasteiger partial charge on any atom is 0.337 e. The number of ether oxygens (including phenoxy) is 2. The number of hydrogen-bond donors (Lipinski definition) is 0. The molecule has 3 rings (SSSR count). The van der Waals surface area contributed by atoms with Gasteiger partial charge in [0, 0.05) is 19.5 Å². The quantitative estimate of drug-likeness (QED) is 0.168. The van der Waals surface area contributed by atoms with E-state index in [2.05, 4.69) is 29.2 Å². The van der Waals surface area contributed by atoms with Crippen LogP contribution < -0.4 is 0 Å². The lowest BCUT2D eigenvalue weighted by Gasteiger charge is -2.22. The zero-order chi connectivity index (χ0) is 24.7. The fourth-order valence-electron chi connectivity index (χ4n) is 4.81. The number of methoxy groups -OCH3 is 1. The monoisotopic (exact) mass is 479 g/mol. The van der Waals surface area contributed by atoms with Crippen molar-refractivity contribution in [2.24, 2.45) is 5.92 Å². The lowest BCUT2D eigenvalue weighted by atomic mass is 9.98. The molecule has 35 heavy (non-hydrogen) atoms. The number of carbonyl (C=O) groups excluding carboxylic acids is 2. The van der Waals surface area contributed by atoms with E-state index in [9.17, 15) is 9.59 Å². The molecule has 2 aromatic carbocycles. The van der Waals surface area contributed by atoms with Crippen LogP contribution >= 0.6 is 0 Å². The summed E-state index contributed by atoms with van der Waals surface area (Å²) in [4.78, 5) is 24.7. The van der Waals surface area contributed by atoms with Gasteiger partial charge in [0.2, 0.25) is 0 Å². The third kappa shape index (κ3) is 9.95. The SMILES string of the molecule is COC(=O)c1ccc(CN(CCCCC=O)CCOCc2ccc(CCC3CCCC3)cc2)cc1. The number of aldehydes is 1. The van der Waals surface area contributed by atoms with Crippen molar-refractivity contribution in [2.75, 3.05) is 26.8 Å². The van der Waals surface area contributed by atoms with Crippen molar-refractivity contribution in [1.82, 2.24) is 4.90 Å². The van der Waals surface area contributed by atoms with Crippen molar-refractivity contribution in [3.8, 4) is 0 Å². The largest absolute Gasteiger partial charge is 0.465 e. The number of benzene rings is 2. The highest BCUT2D eigenvalue weighted by molar-refractivity contribution is 5.89. The molecule has 0 atom stereocenters. The lowest BCUT2D eigenvalue weighted by Crippen LogP contribution is -2.28. The maximum atomic E-state index is 11.7. The van der Waals surface area contributed by atoms with Crippen LogP contribution in [0.25, 0.3) is 0 Å². The first-order valence-electron chi connectivity index (χ1n) is 13.2. The van der Waals surface area contributed by atoms with Crippen LogP contribution in [0.1, 0.15) is 78.4 Å². The molecule has 5 nitrogen and oxygen atoms in total. The zero-order valence-corrected chi connectivity index (χ0v) is 21.3. The Morgan fingerprint density at radius 1 is 0.943 bits per heavy atom. The van der Waals surface area contributed by atoms with Gasteiger partial charge >= 0.3 is 5.97 Å². The Hall–Kier alpha value is -2.50. The first kappa shape index (κ1) is 27.1. The molecular formula is C30H41NO4. The van der Waals surface area contributed by atoms with Crippen molar-refractivity contribution in [3.05, 3.63) is 70.8 Å². The van der Waals surface area contributed by atoms with E-state index in [1.807, 2.05) is 12.1 Å². The van der Waals surface area contributed by atoms with Gasteiger partial charge in [0.15, 0.2) is 0 Å². The molecule has 0 bridgehead atoms. The summed E-state index contributed by atoms with van der Waals surface area (Å²) in [5.74, 6) is 0.614. The summed E-state index contributed by atoms with van der Waals surface area (Å²) in [6.45, 7) is 3.78. The average Bonchev–Trinajstić information content (AvgIpc) is 3.42. The van der Waals surface area contributed by atoms with Gasteiger partial charge in [0.25, 0.3) is 0 Å². The van der Waals surface area contributed by atoms with E-state index in [-0.39, 0.29) is 5.97 Å². The molecule has 0 saturated heterocycles. The molecule has 0 aliphatic heterocycles. The average molecular weight is 480 g/mol. The minimum atomic E-state index is -0.322. The van der Waals surface area contributed by atoms with E-state index >= 15 is 0 Å². The minimum Gasteiger partial charge on any atom is -0.465 e. The summed E-state index contributed by atoms with van der Waals surface area (Å²) in [5.41, 5.74) is 4.34. The van der Waals surface area contributed by atoms with Crippen LogP contribution in [0.15, 0.2) is 48.5 Å². The second-order valence-electron chi connectivity index (χ2n) is 9.69. The molecule has 1 fully saturated rings. The van der Waals surface area contributed by atoms with Crippen LogP contribution in [0.2, 0.25) is 0 Å². The van der Waals surface area contributed by atoms with Crippen LogP contribution in [0.3, 0.4) is 0 Å². The van der Waals surface area contributed by atoms with Crippen LogP contribution in [0, 0.1) is 5.92 Å². The molecular weight excluding hydrogens is 438 g/mol. The number of nitrogens with zero attached hydrogens (tertiary/aromatic N) is 1. The second-order valence-corrected chi connectivity index (χ2v) is 9.69. The van der Waals surface area contributed by atoms with Crippen molar-refractivity contribution in [3.63, 3.8) is 0 Å². The normalized spacial score (nSPS) is 13.9. The van der Waals surface area contributed by atoms with Gasteiger partial charge in [-0.15, -0.1) is 0 Å². The predicted octanol–water partition coefficient (Wildman–Crippen LogP) is 5.98. The Balaban J connectivity index is 1.42. The molecule has 0 amide bonds. The molecule has 5 heteroatoms.